The molecule has 13 unspecified atom stereocenters. The Morgan fingerprint density at radius 3 is 1.18 bits per heavy atom. The Hall–Kier alpha value is -9.93. The first kappa shape index (κ1) is 75.7. The van der Waals surface area contributed by atoms with Gasteiger partial charge in [0.2, 0.25) is 23.6 Å². The number of rotatable bonds is 13. The van der Waals surface area contributed by atoms with Crippen LogP contribution in [0.5, 0.6) is 0 Å². The second kappa shape index (κ2) is 28.4. The number of aliphatic hydroxyl groups is 2. The first-order valence-corrected chi connectivity index (χ1v) is 34.5. The zero-order valence-corrected chi connectivity index (χ0v) is 59.8. The summed E-state index contributed by atoms with van der Waals surface area (Å²) < 4.78 is 26.3. The summed E-state index contributed by atoms with van der Waals surface area (Å²) in [7, 11) is 4.99. The topological polar surface area (TPSA) is 339 Å². The number of likely N-dealkylation sites (N-methyl/N-ethyl adjacent to an activating group) is 3. The zero-order chi connectivity index (χ0) is 75.7. The molecule has 10 amide bonds. The first-order valence-electron chi connectivity index (χ1n) is 34.5. The number of ketones is 1. The van der Waals surface area contributed by atoms with E-state index in [-0.39, 0.29) is 113 Å². The number of aliphatic hydroxyl groups excluding tert-OH is 2. The molecule has 10 fully saturated rings. The fraction of sp³-hybridized carbons (Fsp3) is 0.480. The van der Waals surface area contributed by atoms with Crippen molar-refractivity contribution in [2.24, 2.45) is 46.8 Å². The number of likely N-dealkylation sites (tertiary alicyclic amines) is 8. The summed E-state index contributed by atoms with van der Waals surface area (Å²) in [6.45, 7) is 23.4. The van der Waals surface area contributed by atoms with E-state index >= 15 is 0 Å². The average molecular weight is 1420 g/mol. The lowest BCUT2D eigenvalue weighted by atomic mass is 9.76. The molecule has 5 spiro atoms. The van der Waals surface area contributed by atoms with Gasteiger partial charge >= 0.3 is 0 Å². The summed E-state index contributed by atoms with van der Waals surface area (Å²) >= 11 is 0. The third-order valence-electron chi connectivity index (χ3n) is 23.1. The van der Waals surface area contributed by atoms with Crippen molar-refractivity contribution in [3.8, 4) is 0 Å². The molecule has 28 heteroatoms. The molecule has 10 heterocycles. The number of nitrogens with zero attached hydrogens (tertiary/aromatic N) is 10. The van der Waals surface area contributed by atoms with E-state index in [1.54, 1.807) is 57.5 Å². The predicted octanol–water partition coefficient (Wildman–Crippen LogP) is 2.35. The fourth-order valence-electron chi connectivity index (χ4n) is 16.9. The minimum absolute atomic E-state index is 0.0000463. The number of Topliss-reactive ketones (excluding diaryl/α,β-unsaturated/α-hetero) is 1. The highest BCUT2D eigenvalue weighted by Crippen LogP contribution is 2.50. The monoisotopic (exact) mass is 1420 g/mol. The molecule has 8 N–H and O–H groups in total. The quantitative estimate of drug-likeness (QED) is 0.120. The average Bonchev–Trinajstić information content (AvgIpc) is 1.64. The number of hydrogen-bond donors (Lipinski definition) is 5. The summed E-state index contributed by atoms with van der Waals surface area (Å²) in [5, 5.41) is 19.7. The lowest BCUT2D eigenvalue weighted by Crippen LogP contribution is -2.78. The lowest BCUT2D eigenvalue weighted by Gasteiger charge is -2.55. The maximum Gasteiger partial charge on any atom is 0.252 e. The van der Waals surface area contributed by atoms with E-state index in [0.29, 0.717) is 88.0 Å². The molecule has 10 aliphatic rings. The molecule has 14 rings (SSSR count). The van der Waals surface area contributed by atoms with Crippen molar-refractivity contribution < 1.29 is 71.7 Å². The van der Waals surface area contributed by atoms with Crippen LogP contribution in [0.4, 0.5) is 20.2 Å². The van der Waals surface area contributed by atoms with Gasteiger partial charge in [-0.15, -0.1) is 0 Å². The molecular formula is C75H93F2N13O13. The zero-order valence-electron chi connectivity index (χ0n) is 59.8. The van der Waals surface area contributed by atoms with Crippen LogP contribution < -0.4 is 27.0 Å². The molecule has 26 nitrogen and oxygen atoms in total. The van der Waals surface area contributed by atoms with Crippen molar-refractivity contribution in [3.05, 3.63) is 157 Å². The second-order valence-corrected chi connectivity index (χ2v) is 29.3. The molecule has 10 aliphatic heterocycles. The van der Waals surface area contributed by atoms with Crippen LogP contribution in [-0.2, 0) is 65.8 Å². The van der Waals surface area contributed by atoms with E-state index in [0.717, 1.165) is 11.1 Å². The molecule has 4 aromatic carbocycles. The van der Waals surface area contributed by atoms with E-state index in [4.69, 9.17) is 17.2 Å². The fourth-order valence-corrected chi connectivity index (χ4v) is 16.9. The van der Waals surface area contributed by atoms with Gasteiger partial charge in [0.25, 0.3) is 35.4 Å². The van der Waals surface area contributed by atoms with Crippen LogP contribution in [0, 0.1) is 41.2 Å². The Labute approximate surface area is 597 Å². The molecule has 0 bridgehead atoms. The third-order valence-corrected chi connectivity index (χ3v) is 23.1. The molecule has 10 saturated heterocycles. The van der Waals surface area contributed by atoms with Crippen LogP contribution in [0.25, 0.3) is 0 Å². The number of benzene rings is 4. The SMILES string of the molecule is C=C(N)CN1CC2(C1=O)C(C)CC(=O)N2C.C=C(N)CN1CC2(C1=O)C(C)CC(=O)N2c1ccc(F)cc1.CC(=O)C([C@@H](C)O)N1CC2(C1=O)C(C)CC(=O)N2c1ccc(F)cc1.CC1C(N)C(=O)N(C)C12CN(Cc1ccccc1)C2=O.CC1C(O)C(=O)N(C)C12CN(Cc1ccccc1)C2=O. The van der Waals surface area contributed by atoms with Crippen LogP contribution in [0.15, 0.2) is 134 Å². The maximum atomic E-state index is 13.2. The van der Waals surface area contributed by atoms with Gasteiger partial charge in [0.15, 0.2) is 5.78 Å². The van der Waals surface area contributed by atoms with Crippen LogP contribution in [0.1, 0.15) is 78.9 Å². The number of carbonyl (C=O) groups is 11. The Kier molecular flexibility index (Phi) is 20.9. The van der Waals surface area contributed by atoms with Crippen molar-refractivity contribution >= 4 is 76.2 Å². The highest BCUT2D eigenvalue weighted by atomic mass is 19.1. The number of halogens is 2. The Morgan fingerprint density at radius 2 is 0.864 bits per heavy atom. The third kappa shape index (κ3) is 12.4. The number of amides is 10. The summed E-state index contributed by atoms with van der Waals surface area (Å²) in [5.74, 6) is -3.15. The van der Waals surface area contributed by atoms with Crippen LogP contribution >= 0.6 is 0 Å². The number of β-lactam (4-membered cyclic amide) rings is 5. The maximum absolute atomic E-state index is 13.2. The van der Waals surface area contributed by atoms with E-state index < -0.39 is 57.8 Å². The molecule has 0 aromatic heterocycles. The molecule has 4 aromatic rings. The molecular weight excluding hydrogens is 1330 g/mol. The van der Waals surface area contributed by atoms with Gasteiger partial charge < -0.3 is 66.6 Å². The Morgan fingerprint density at radius 1 is 0.505 bits per heavy atom. The number of anilines is 2. The van der Waals surface area contributed by atoms with E-state index in [1.165, 1.54) is 82.0 Å². The van der Waals surface area contributed by atoms with Gasteiger partial charge in [0, 0.05) is 88.1 Å². The van der Waals surface area contributed by atoms with E-state index in [1.807, 2.05) is 88.4 Å². The number of carbonyl (C=O) groups excluding carboxylic acids is 11. The minimum Gasteiger partial charge on any atom is -0.401 e. The summed E-state index contributed by atoms with van der Waals surface area (Å²) in [4.78, 5) is 151. The first-order chi connectivity index (χ1) is 48.4. The Bertz CT molecular complexity index is 3980. The highest BCUT2D eigenvalue weighted by molar-refractivity contribution is 6.12. The molecule has 550 valence electrons. The van der Waals surface area contributed by atoms with Crippen molar-refractivity contribution in [3.63, 3.8) is 0 Å². The van der Waals surface area contributed by atoms with E-state index in [9.17, 15) is 71.7 Å². The van der Waals surface area contributed by atoms with Crippen LogP contribution in [0.2, 0.25) is 0 Å². The largest absolute Gasteiger partial charge is 0.401 e. The van der Waals surface area contributed by atoms with Gasteiger partial charge in [-0.3, -0.25) is 62.5 Å². The van der Waals surface area contributed by atoms with Crippen molar-refractivity contribution in [1.82, 2.24) is 39.2 Å². The van der Waals surface area contributed by atoms with Crippen molar-refractivity contribution in [1.29, 1.82) is 0 Å². The standard InChI is InChI=1S/C18H21FN2O4.C16H18FN3O2.C15H19N3O2.C15H18N2O3.C11H17N3O2/c1-10-8-15(24)21(14-6-4-13(19)5-7-14)18(10)9-20(17(18)25)16(11(2)22)12(3)23;1-10-7-14(21)20(13-5-3-12(17)4-6-13)16(10)9-19(15(16)22)8-11(2)18;1-10-12(16)13(19)17(2)15(10)9-18(14(15)20)8-11-6-4-3-5-7-11;1-10-12(18)13(19)16(2)15(10)9-17(14(15)20)8-11-6-4-3-5-7-11;1-7-4-9(15)13(3)11(7)6-14(10(11)16)5-8(2)12/h4-7,10-11,16,22H,8-9H2,1-3H3;3-6,10H,2,7-9,18H2,1H3;3-7,10,12H,8-9,16H2,1-2H3;3-7,10,12,18H,8-9H2,1-2H3;7H,2,4-6,12H2,1,3H3/t10?,11-,16?,18?;;;;/m1..../s1. The van der Waals surface area contributed by atoms with Gasteiger partial charge in [-0.2, -0.15) is 0 Å². The molecule has 14 atom stereocenters. The summed E-state index contributed by atoms with van der Waals surface area (Å²) in [5.41, 5.74) is 16.9. The van der Waals surface area contributed by atoms with Gasteiger partial charge in [0.05, 0.1) is 58.0 Å². The predicted molar refractivity (Wildman–Crippen MR) is 375 cm³/mol. The highest BCUT2D eigenvalue weighted by Gasteiger charge is 2.70. The van der Waals surface area contributed by atoms with Gasteiger partial charge in [0.1, 0.15) is 51.5 Å². The van der Waals surface area contributed by atoms with Gasteiger partial charge in [-0.25, -0.2) is 8.78 Å². The van der Waals surface area contributed by atoms with Crippen molar-refractivity contribution in [2.75, 3.05) is 76.8 Å². The second-order valence-electron chi connectivity index (χ2n) is 29.3. The normalized spacial score (nSPS) is 30.7. The molecule has 103 heavy (non-hydrogen) atoms. The smallest absolute Gasteiger partial charge is 0.252 e. The van der Waals surface area contributed by atoms with Crippen LogP contribution in [0.3, 0.4) is 0 Å². The summed E-state index contributed by atoms with van der Waals surface area (Å²) in [6, 6.07) is 29.2. The lowest BCUT2D eigenvalue weighted by molar-refractivity contribution is -0.168. The summed E-state index contributed by atoms with van der Waals surface area (Å²) in [6.07, 6.45) is -1.09. The van der Waals surface area contributed by atoms with E-state index in [2.05, 4.69) is 13.2 Å². The molecule has 0 aliphatic carbocycles. The molecule has 0 saturated carbocycles. The minimum atomic E-state index is -1.07. The molecule has 0 radical (unpaired) electrons. The number of nitrogens with two attached hydrogens (primary N) is 3. The Balaban J connectivity index is 0.000000139. The van der Waals surface area contributed by atoms with Crippen molar-refractivity contribution in [2.45, 2.75) is 133 Å². The van der Waals surface area contributed by atoms with Gasteiger partial charge in [-0.05, 0) is 91.3 Å². The van der Waals surface area contributed by atoms with Crippen LogP contribution in [-0.4, -0.2) is 233 Å². The number of hydrogen-bond acceptors (Lipinski definition) is 16. The van der Waals surface area contributed by atoms with Gasteiger partial charge in [-0.1, -0.05) is 108 Å².